The molecule has 0 aliphatic carbocycles. The van der Waals surface area contributed by atoms with Crippen molar-refractivity contribution in [3.8, 4) is 33.6 Å². The number of rotatable bonds is 2. The second-order valence-electron chi connectivity index (χ2n) is 20.6. The van der Waals surface area contributed by atoms with E-state index >= 15 is 0 Å². The van der Waals surface area contributed by atoms with Gasteiger partial charge in [-0.25, -0.2) is 4.98 Å². The molecule has 13 rings (SSSR count). The van der Waals surface area contributed by atoms with E-state index in [2.05, 4.69) is 154 Å². The van der Waals surface area contributed by atoms with Crippen LogP contribution in [0.25, 0.3) is 116 Å². The van der Waals surface area contributed by atoms with Crippen molar-refractivity contribution in [3.63, 3.8) is 0 Å². The van der Waals surface area contributed by atoms with E-state index < -0.39 is 71.4 Å². The molecule has 1 aliphatic heterocycles. The standard InChI is InChI=1S/C68H53N4O.Pt/c1-67(2,3)49-23-15-21-47(37-49)55-28-17-29-58-56-27-11-10-26-54(56)46-20-14-22-48(36-46)60-39-50(68(4,5)6)40-65(69-60)72-61-35-32-45(44-18-8-7-9-19-44)38-59(61)57-34-33-53(42-64(57)72)73-52-25-16-24-51(41-52)70-43-71(66(55)58)63-31-13-12-30-62(63)70;/h7-40,43H,1-6H3;/q-3;/i7D,8D,9D,18D,19D,32D,33D,34D,35D,38D;. The van der Waals surface area contributed by atoms with Gasteiger partial charge in [-0.05, 0) is 114 Å². The van der Waals surface area contributed by atoms with Crippen LogP contribution in [0.5, 0.6) is 0 Å². The van der Waals surface area contributed by atoms with Crippen molar-refractivity contribution in [2.24, 2.45) is 0 Å². The van der Waals surface area contributed by atoms with E-state index in [4.69, 9.17) is 16.3 Å². The van der Waals surface area contributed by atoms with E-state index in [-0.39, 0.29) is 70.7 Å². The van der Waals surface area contributed by atoms with E-state index in [0.29, 0.717) is 11.0 Å². The third kappa shape index (κ3) is 8.17. The first kappa shape index (κ1) is 36.7. The summed E-state index contributed by atoms with van der Waals surface area (Å²) in [6, 6.07) is 50.6. The minimum Gasteiger partial charge on any atom is -0.510 e. The molecule has 0 radical (unpaired) electrons. The van der Waals surface area contributed by atoms with Crippen molar-refractivity contribution < 1.29 is 39.2 Å². The number of nitrogens with zero attached hydrogens (tertiary/aromatic N) is 4. The van der Waals surface area contributed by atoms with Crippen molar-refractivity contribution in [1.29, 1.82) is 0 Å². The molecule has 5 nitrogen and oxygen atoms in total. The van der Waals surface area contributed by atoms with Gasteiger partial charge in [-0.1, -0.05) is 199 Å². The van der Waals surface area contributed by atoms with Gasteiger partial charge in [0.05, 0.1) is 16.5 Å². The topological polar surface area (TPSA) is 40.3 Å². The van der Waals surface area contributed by atoms with Crippen LogP contribution in [0.1, 0.15) is 66.4 Å². The molecular formula is C68H53N4OPt-3. The average molecular weight is 1150 g/mol. The summed E-state index contributed by atoms with van der Waals surface area (Å²) in [5, 5.41) is 4.55. The number of para-hydroxylation sites is 3. The summed E-state index contributed by atoms with van der Waals surface area (Å²) in [6.45, 7) is 12.9. The molecule has 0 N–H and O–H groups in total. The molecule has 3 aromatic heterocycles. The van der Waals surface area contributed by atoms with Crippen LogP contribution in [0, 0.1) is 12.1 Å². The first-order chi connectivity index (χ1) is 39.6. The molecule has 0 fully saturated rings. The molecule has 4 heterocycles. The first-order valence-corrected chi connectivity index (χ1v) is 24.4. The van der Waals surface area contributed by atoms with Crippen LogP contribution in [0.15, 0.2) is 217 Å². The third-order valence-corrected chi connectivity index (χ3v) is 13.8. The molecule has 0 unspecified atom stereocenters. The Hall–Kier alpha value is -8.11. The summed E-state index contributed by atoms with van der Waals surface area (Å²) in [5.41, 5.74) is 6.98. The van der Waals surface area contributed by atoms with Gasteiger partial charge in [-0.3, -0.25) is 0 Å². The predicted octanol–water partition coefficient (Wildman–Crippen LogP) is 18.1. The number of hydrogen-bond acceptors (Lipinski definition) is 2. The fraction of sp³-hybridized carbons (Fsp3) is 0.118. The van der Waals surface area contributed by atoms with E-state index in [0.717, 1.165) is 60.5 Å². The molecule has 1 aliphatic rings. The Morgan fingerprint density at radius 3 is 2.05 bits per heavy atom. The van der Waals surface area contributed by atoms with Crippen molar-refractivity contribution in [2.45, 2.75) is 52.4 Å². The Morgan fingerprint density at radius 2 is 1.24 bits per heavy atom. The molecular weight excluding hydrogens is 1080 g/mol. The molecule has 0 spiro atoms. The molecule has 0 amide bonds. The van der Waals surface area contributed by atoms with Crippen LogP contribution in [0.4, 0.5) is 0 Å². The number of aromatic nitrogens is 4. The Morgan fingerprint density at radius 1 is 0.527 bits per heavy atom. The van der Waals surface area contributed by atoms with Gasteiger partial charge in [0.1, 0.15) is 5.65 Å². The van der Waals surface area contributed by atoms with Gasteiger partial charge >= 0.3 is 0 Å². The van der Waals surface area contributed by atoms with Gasteiger partial charge < -0.3 is 18.0 Å². The molecule has 0 saturated heterocycles. The Bertz CT molecular complexity index is 5060. The number of imidazole rings is 1. The van der Waals surface area contributed by atoms with Crippen LogP contribution in [0.3, 0.4) is 0 Å². The number of fused-ring (bicyclic) bond motifs is 23. The number of pyridine rings is 1. The third-order valence-electron chi connectivity index (χ3n) is 13.8. The summed E-state index contributed by atoms with van der Waals surface area (Å²) in [4.78, 5) is 5.38. The smallest absolute Gasteiger partial charge is 0.136 e. The summed E-state index contributed by atoms with van der Waals surface area (Å²) >= 11 is 0. The zero-order valence-electron chi connectivity index (χ0n) is 51.4. The predicted molar refractivity (Wildman–Crippen MR) is 305 cm³/mol. The Kier molecular flexibility index (Phi) is 9.00. The molecule has 0 saturated carbocycles. The summed E-state index contributed by atoms with van der Waals surface area (Å²) < 4.78 is 105. The van der Waals surface area contributed by atoms with Crippen LogP contribution in [0.2, 0.25) is 0 Å². The first-order valence-electron chi connectivity index (χ1n) is 29.4. The fourth-order valence-corrected chi connectivity index (χ4v) is 10.0. The van der Waals surface area contributed by atoms with Crippen LogP contribution in [-0.4, -0.2) is 18.5 Å². The number of benzene rings is 9. The summed E-state index contributed by atoms with van der Waals surface area (Å²) in [7, 11) is 0. The minimum atomic E-state index is -0.666. The Labute approximate surface area is 459 Å². The quantitative estimate of drug-likeness (QED) is 0.162. The average Bonchev–Trinajstić information content (AvgIpc) is 2.10. The zero-order valence-corrected chi connectivity index (χ0v) is 43.7. The summed E-state index contributed by atoms with van der Waals surface area (Å²) in [5.74, 6) is 0. The van der Waals surface area contributed by atoms with Gasteiger partial charge in [0.15, 0.2) is 0 Å². The SMILES string of the molecule is [2H]c1c([2H])c([2H])c(-c2c([2H])c([2H])c3c(c2[2H])c2c([2H])c([2H])c4[c-]c2n3c2cc(C(C)(C)C)cc(n2)c2cccc(c2)c2ccccc2c2cccc(-c3cccc(C(C)(C)C)c3)c2n2[cH-]n(c3[c-]c(ccc3)o4)-c3ccccc3-2)c([2H])c1[2H].[Pt]. The molecule has 9 aromatic carbocycles. The van der Waals surface area contributed by atoms with Gasteiger partial charge in [-0.15, -0.1) is 29.1 Å². The zero-order chi connectivity index (χ0) is 58.3. The molecule has 0 atom stereocenters. The van der Waals surface area contributed by atoms with Crippen molar-refractivity contribution >= 4 is 82.1 Å². The number of hydrogen-bond donors (Lipinski definition) is 0. The maximum atomic E-state index is 9.93. The van der Waals surface area contributed by atoms with Crippen molar-refractivity contribution in [3.05, 3.63) is 236 Å². The van der Waals surface area contributed by atoms with E-state index in [1.54, 1.807) is 10.5 Å². The molecule has 74 heavy (non-hydrogen) atoms. The molecule has 10 bridgehead atoms. The van der Waals surface area contributed by atoms with Crippen LogP contribution in [-0.2, 0) is 31.9 Å². The van der Waals surface area contributed by atoms with E-state index in [9.17, 15) is 6.85 Å². The van der Waals surface area contributed by atoms with Crippen LogP contribution < -0.4 is 0 Å². The summed E-state index contributed by atoms with van der Waals surface area (Å²) in [6.07, 6.45) is 2.07. The maximum Gasteiger partial charge on any atom is 0.136 e. The van der Waals surface area contributed by atoms with Crippen molar-refractivity contribution in [2.75, 3.05) is 0 Å². The van der Waals surface area contributed by atoms with Gasteiger partial charge in [0.2, 0.25) is 0 Å². The molecule has 6 heteroatoms. The molecule has 364 valence electrons. The largest absolute Gasteiger partial charge is 0.510 e. The fourth-order valence-electron chi connectivity index (χ4n) is 10.0. The van der Waals surface area contributed by atoms with Gasteiger partial charge in [0.25, 0.3) is 0 Å². The van der Waals surface area contributed by atoms with E-state index in [1.165, 1.54) is 5.56 Å². The van der Waals surface area contributed by atoms with E-state index in [1.807, 2.05) is 54.6 Å². The normalized spacial score (nSPS) is 14.0. The monoisotopic (exact) mass is 1150 g/mol. The maximum absolute atomic E-state index is 9.93. The Balaban J connectivity index is 0.00000694. The minimum absolute atomic E-state index is 0. The van der Waals surface area contributed by atoms with Crippen LogP contribution >= 0.6 is 0 Å². The second-order valence-corrected chi connectivity index (χ2v) is 20.6. The molecule has 12 aromatic rings. The van der Waals surface area contributed by atoms with Gasteiger partial charge in [0, 0.05) is 50.8 Å². The van der Waals surface area contributed by atoms with Gasteiger partial charge in [-0.2, -0.15) is 24.2 Å². The van der Waals surface area contributed by atoms with Crippen molar-refractivity contribution in [1.82, 2.24) is 18.5 Å². The second kappa shape index (κ2) is 18.1.